The zero-order valence-corrected chi connectivity index (χ0v) is 11.0. The van der Waals surface area contributed by atoms with Crippen molar-refractivity contribution >= 4 is 22.8 Å². The van der Waals surface area contributed by atoms with Crippen LogP contribution in [0.2, 0.25) is 0 Å². The normalized spacial score (nSPS) is 17.7. The monoisotopic (exact) mass is 251 g/mol. The molecule has 0 bridgehead atoms. The molecule has 1 fully saturated rings. The number of carboxylic acid groups (broad SMARTS) is 1. The Labute approximate surface area is 124 Å². The molecular weight excluding hydrogens is 237 g/mol. The van der Waals surface area contributed by atoms with Crippen LogP contribution in [0.5, 0.6) is 0 Å². The molecular formula is C13H14LiN3O2. The molecule has 1 aliphatic heterocycles. The predicted molar refractivity (Wildman–Crippen MR) is 69.0 cm³/mol. The summed E-state index contributed by atoms with van der Waals surface area (Å²) in [6.45, 7) is 3.18. The number of hydrogen-bond donors (Lipinski definition) is 1. The number of fused-ring (bicyclic) bond motifs is 1. The first-order valence-electron chi connectivity index (χ1n) is 5.92. The molecule has 1 unspecified atom stereocenters. The molecule has 1 N–H and O–H groups in total. The predicted octanol–water partition coefficient (Wildman–Crippen LogP) is -0.957. The largest absolute Gasteiger partial charge is 1.00 e. The van der Waals surface area contributed by atoms with E-state index < -0.39 is 5.97 Å². The molecule has 3 rings (SSSR count). The molecule has 0 amide bonds. The van der Waals surface area contributed by atoms with Crippen molar-refractivity contribution in [2.75, 3.05) is 11.4 Å². The van der Waals surface area contributed by atoms with Gasteiger partial charge in [-0.3, -0.25) is 0 Å². The third kappa shape index (κ3) is 2.44. The number of aromatic carboxylic acids is 1. The summed E-state index contributed by atoms with van der Waals surface area (Å²) < 4.78 is 0. The van der Waals surface area contributed by atoms with E-state index in [4.69, 9.17) is 5.11 Å². The van der Waals surface area contributed by atoms with Crippen LogP contribution in [-0.2, 0) is 0 Å². The Morgan fingerprint density at radius 3 is 2.89 bits per heavy atom. The molecule has 1 aliphatic rings. The quantitative estimate of drug-likeness (QED) is 0.697. The molecule has 6 heteroatoms. The van der Waals surface area contributed by atoms with Gasteiger partial charge in [-0.25, -0.2) is 14.8 Å². The number of aromatic nitrogens is 2. The average Bonchev–Trinajstić information content (AvgIpc) is 2.36. The van der Waals surface area contributed by atoms with E-state index in [2.05, 4.69) is 21.8 Å². The first-order chi connectivity index (χ1) is 8.65. The summed E-state index contributed by atoms with van der Waals surface area (Å²) in [4.78, 5) is 21.6. The van der Waals surface area contributed by atoms with Crippen LogP contribution in [0, 0.1) is 0 Å². The van der Waals surface area contributed by atoms with Crippen LogP contribution in [0.1, 0.15) is 25.1 Å². The Balaban J connectivity index is 0.000001000. The second-order valence-corrected chi connectivity index (χ2v) is 4.58. The van der Waals surface area contributed by atoms with E-state index in [9.17, 15) is 4.79 Å². The number of pyridine rings is 2. The molecule has 2 aromatic rings. The molecule has 0 radical (unpaired) electrons. The molecule has 1 atom stereocenters. The van der Waals surface area contributed by atoms with Gasteiger partial charge in [0.15, 0.2) is 5.65 Å². The molecule has 0 aromatic carbocycles. The van der Waals surface area contributed by atoms with Crippen LogP contribution in [0.15, 0.2) is 24.4 Å². The van der Waals surface area contributed by atoms with Gasteiger partial charge in [-0.2, -0.15) is 0 Å². The van der Waals surface area contributed by atoms with E-state index >= 15 is 0 Å². The van der Waals surface area contributed by atoms with E-state index in [0.29, 0.717) is 11.7 Å². The molecule has 3 heterocycles. The van der Waals surface area contributed by atoms with Gasteiger partial charge < -0.3 is 11.4 Å². The topological polar surface area (TPSA) is 66.3 Å². The van der Waals surface area contributed by atoms with Crippen LogP contribution < -0.4 is 23.8 Å². The van der Waals surface area contributed by atoms with Gasteiger partial charge >= 0.3 is 24.8 Å². The van der Waals surface area contributed by atoms with Crippen molar-refractivity contribution in [2.24, 2.45) is 0 Å². The van der Waals surface area contributed by atoms with Crippen molar-refractivity contribution in [3.05, 3.63) is 30.0 Å². The van der Waals surface area contributed by atoms with Crippen LogP contribution in [0.3, 0.4) is 0 Å². The average molecular weight is 251 g/mol. The van der Waals surface area contributed by atoms with Crippen molar-refractivity contribution in [1.29, 1.82) is 0 Å². The van der Waals surface area contributed by atoms with E-state index in [1.807, 2.05) is 12.1 Å². The van der Waals surface area contributed by atoms with Crippen LogP contribution in [0.25, 0.3) is 11.0 Å². The van der Waals surface area contributed by atoms with Crippen molar-refractivity contribution in [2.45, 2.75) is 19.4 Å². The zero-order chi connectivity index (χ0) is 12.7. The Bertz CT molecular complexity index is 638. The SMILES string of the molecule is CC1CCN1c1ccc2cc(C(=O)O)cnc2n1.[H-].[Li+]. The van der Waals surface area contributed by atoms with Gasteiger partial charge in [0.25, 0.3) is 0 Å². The van der Waals surface area contributed by atoms with Gasteiger partial charge in [-0.1, -0.05) is 0 Å². The van der Waals surface area contributed by atoms with Crippen LogP contribution >= 0.6 is 0 Å². The van der Waals surface area contributed by atoms with Crippen molar-refractivity contribution in [3.8, 4) is 0 Å². The van der Waals surface area contributed by atoms with Gasteiger partial charge in [0.2, 0.25) is 0 Å². The minimum absolute atomic E-state index is 0. The third-order valence-electron chi connectivity index (χ3n) is 3.39. The fourth-order valence-corrected chi connectivity index (χ4v) is 2.13. The van der Waals surface area contributed by atoms with Crippen LogP contribution in [0.4, 0.5) is 5.82 Å². The number of hydrogen-bond acceptors (Lipinski definition) is 4. The van der Waals surface area contributed by atoms with Crippen molar-refractivity contribution in [1.82, 2.24) is 9.97 Å². The molecule has 19 heavy (non-hydrogen) atoms. The fourth-order valence-electron chi connectivity index (χ4n) is 2.13. The smallest absolute Gasteiger partial charge is 1.00 e. The van der Waals surface area contributed by atoms with Gasteiger partial charge in [-0.15, -0.1) is 0 Å². The van der Waals surface area contributed by atoms with Gasteiger partial charge in [0.05, 0.1) is 5.56 Å². The van der Waals surface area contributed by atoms with Gasteiger partial charge in [-0.05, 0) is 31.5 Å². The summed E-state index contributed by atoms with van der Waals surface area (Å²) in [5, 5.41) is 9.66. The number of anilines is 1. The summed E-state index contributed by atoms with van der Waals surface area (Å²) in [7, 11) is 0. The van der Waals surface area contributed by atoms with E-state index in [1.165, 1.54) is 12.6 Å². The van der Waals surface area contributed by atoms with Crippen LogP contribution in [-0.4, -0.2) is 33.6 Å². The summed E-state index contributed by atoms with van der Waals surface area (Å²) in [6, 6.07) is 5.92. The van der Waals surface area contributed by atoms with E-state index in [1.54, 1.807) is 6.07 Å². The number of carbonyl (C=O) groups is 1. The Hall–Kier alpha value is -1.57. The van der Waals surface area contributed by atoms with Gasteiger partial charge in [0.1, 0.15) is 5.82 Å². The molecule has 94 valence electrons. The standard InChI is InChI=1S/C13H13N3O2.Li.H/c1-8-4-5-16(8)11-3-2-9-6-10(13(17)18)7-14-12(9)15-11;;/h2-3,6-8H,4-5H2,1H3,(H,17,18);;/q;+1;-1. The third-order valence-corrected chi connectivity index (χ3v) is 3.39. The number of rotatable bonds is 2. The molecule has 1 saturated heterocycles. The zero-order valence-electron chi connectivity index (χ0n) is 12.0. The number of nitrogens with zero attached hydrogens (tertiary/aromatic N) is 3. The van der Waals surface area contributed by atoms with Crippen molar-refractivity contribution in [3.63, 3.8) is 0 Å². The van der Waals surface area contributed by atoms with Gasteiger partial charge in [0, 0.05) is 24.2 Å². The molecule has 0 spiro atoms. The summed E-state index contributed by atoms with van der Waals surface area (Å²) in [6.07, 6.45) is 2.53. The Morgan fingerprint density at radius 2 is 2.32 bits per heavy atom. The first-order valence-corrected chi connectivity index (χ1v) is 5.92. The maximum Gasteiger partial charge on any atom is 1.00 e. The minimum atomic E-state index is -0.968. The summed E-state index contributed by atoms with van der Waals surface area (Å²) >= 11 is 0. The maximum atomic E-state index is 10.8. The second kappa shape index (κ2) is 5.20. The number of carboxylic acids is 1. The summed E-state index contributed by atoms with van der Waals surface area (Å²) in [5.74, 6) is -0.0540. The fraction of sp³-hybridized carbons (Fsp3) is 0.308. The molecule has 5 nitrogen and oxygen atoms in total. The maximum absolute atomic E-state index is 10.8. The molecule has 2 aromatic heterocycles. The van der Waals surface area contributed by atoms with E-state index in [0.717, 1.165) is 17.7 Å². The van der Waals surface area contributed by atoms with E-state index in [-0.39, 0.29) is 25.9 Å². The van der Waals surface area contributed by atoms with Crippen molar-refractivity contribution < 1.29 is 30.2 Å². The molecule has 0 saturated carbocycles. The summed E-state index contributed by atoms with van der Waals surface area (Å²) in [5.41, 5.74) is 0.783. The first kappa shape index (κ1) is 13.8. The minimum Gasteiger partial charge on any atom is -1.00 e. The second-order valence-electron chi connectivity index (χ2n) is 4.58. The molecule has 0 aliphatic carbocycles. The Morgan fingerprint density at radius 1 is 1.53 bits per heavy atom. The Kier molecular flexibility index (Phi) is 3.79.